The maximum atomic E-state index is 13.2. The summed E-state index contributed by atoms with van der Waals surface area (Å²) in [5.74, 6) is -0.0976. The fourth-order valence-corrected chi connectivity index (χ4v) is 4.71. The molecule has 3 aromatic rings. The summed E-state index contributed by atoms with van der Waals surface area (Å²) in [6.07, 6.45) is 0.259. The lowest BCUT2D eigenvalue weighted by Crippen LogP contribution is -2.38. The van der Waals surface area contributed by atoms with E-state index in [2.05, 4.69) is 5.32 Å². The van der Waals surface area contributed by atoms with Crippen LogP contribution in [0.5, 0.6) is 5.75 Å². The number of anilines is 2. The Kier molecular flexibility index (Phi) is 6.23. The van der Waals surface area contributed by atoms with Crippen LogP contribution in [0.15, 0.2) is 77.7 Å². The SMILES string of the molecule is COc1ccc([C@H]2CC(=O)N(CC(=O)Nc3ccc(F)cc3)c3ccccc3S2)cc1. The summed E-state index contributed by atoms with van der Waals surface area (Å²) < 4.78 is 18.3. The molecule has 0 bridgehead atoms. The van der Waals surface area contributed by atoms with Gasteiger partial charge in [-0.3, -0.25) is 9.59 Å². The third-order valence-electron chi connectivity index (χ3n) is 5.00. The van der Waals surface area contributed by atoms with Gasteiger partial charge in [0.25, 0.3) is 0 Å². The first-order chi connectivity index (χ1) is 15.0. The largest absolute Gasteiger partial charge is 0.497 e. The Morgan fingerprint density at radius 3 is 2.52 bits per heavy atom. The van der Waals surface area contributed by atoms with E-state index < -0.39 is 0 Å². The number of fused-ring (bicyclic) bond motifs is 1. The van der Waals surface area contributed by atoms with Crippen LogP contribution in [-0.2, 0) is 9.59 Å². The van der Waals surface area contributed by atoms with E-state index in [4.69, 9.17) is 4.74 Å². The number of methoxy groups -OCH3 is 1. The molecule has 3 aromatic carbocycles. The van der Waals surface area contributed by atoms with E-state index in [1.54, 1.807) is 18.9 Å². The van der Waals surface area contributed by atoms with Gasteiger partial charge in [0.2, 0.25) is 11.8 Å². The third-order valence-corrected chi connectivity index (χ3v) is 6.33. The molecule has 0 unspecified atom stereocenters. The smallest absolute Gasteiger partial charge is 0.244 e. The van der Waals surface area contributed by atoms with Gasteiger partial charge >= 0.3 is 0 Å². The standard InChI is InChI=1S/C24H21FN2O3S/c1-30-19-12-6-16(7-13-19)22-14-24(29)27(20-4-2-3-5-21(20)31-22)15-23(28)26-18-10-8-17(25)9-11-18/h2-13,22H,14-15H2,1H3,(H,26,28)/t22-/m1/s1. The second-order valence-electron chi connectivity index (χ2n) is 7.09. The van der Waals surface area contributed by atoms with Crippen LogP contribution in [0.1, 0.15) is 17.2 Å². The molecule has 1 atom stereocenters. The van der Waals surface area contributed by atoms with Gasteiger partial charge in [0, 0.05) is 22.3 Å². The highest BCUT2D eigenvalue weighted by molar-refractivity contribution is 7.99. The van der Waals surface area contributed by atoms with Crippen LogP contribution in [0.3, 0.4) is 0 Å². The van der Waals surface area contributed by atoms with E-state index in [-0.39, 0.29) is 35.8 Å². The highest BCUT2D eigenvalue weighted by Gasteiger charge is 2.30. The number of ether oxygens (including phenoxy) is 1. The molecule has 2 amide bonds. The number of hydrogen-bond donors (Lipinski definition) is 1. The zero-order chi connectivity index (χ0) is 21.8. The molecule has 31 heavy (non-hydrogen) atoms. The minimum atomic E-state index is -0.378. The Balaban J connectivity index is 1.56. The Labute approximate surface area is 184 Å². The molecule has 1 aliphatic heterocycles. The zero-order valence-electron chi connectivity index (χ0n) is 16.9. The number of rotatable bonds is 5. The van der Waals surface area contributed by atoms with Crippen molar-refractivity contribution in [2.24, 2.45) is 0 Å². The molecule has 0 fully saturated rings. The molecule has 0 saturated carbocycles. The Morgan fingerprint density at radius 2 is 1.81 bits per heavy atom. The van der Waals surface area contributed by atoms with Crippen molar-refractivity contribution < 1.29 is 18.7 Å². The number of carbonyl (C=O) groups is 2. The molecule has 0 radical (unpaired) electrons. The lowest BCUT2D eigenvalue weighted by atomic mass is 10.1. The first-order valence-corrected chi connectivity index (χ1v) is 10.7. The number of benzene rings is 3. The molecular formula is C24H21FN2O3S. The number of carbonyl (C=O) groups excluding carboxylic acids is 2. The fourth-order valence-electron chi connectivity index (χ4n) is 3.43. The molecule has 4 rings (SSSR count). The maximum absolute atomic E-state index is 13.2. The average Bonchev–Trinajstić information content (AvgIpc) is 2.92. The monoisotopic (exact) mass is 436 g/mol. The first kappa shape index (κ1) is 20.9. The van der Waals surface area contributed by atoms with Crippen molar-refractivity contribution in [3.63, 3.8) is 0 Å². The Morgan fingerprint density at radius 1 is 1.10 bits per heavy atom. The summed E-state index contributed by atoms with van der Waals surface area (Å²) in [4.78, 5) is 28.3. The highest BCUT2D eigenvalue weighted by atomic mass is 32.2. The van der Waals surface area contributed by atoms with Gasteiger partial charge < -0.3 is 15.0 Å². The van der Waals surface area contributed by atoms with Crippen molar-refractivity contribution >= 4 is 35.0 Å². The Bertz CT molecular complexity index is 1090. The van der Waals surface area contributed by atoms with Crippen molar-refractivity contribution in [1.82, 2.24) is 0 Å². The minimum Gasteiger partial charge on any atom is -0.497 e. The van der Waals surface area contributed by atoms with Crippen LogP contribution in [-0.4, -0.2) is 25.5 Å². The van der Waals surface area contributed by atoms with Gasteiger partial charge in [0.1, 0.15) is 18.1 Å². The highest BCUT2D eigenvalue weighted by Crippen LogP contribution is 2.45. The number of nitrogens with one attached hydrogen (secondary N) is 1. The number of amides is 2. The Hall–Kier alpha value is -3.32. The van der Waals surface area contributed by atoms with Gasteiger partial charge in [0.15, 0.2) is 0 Å². The van der Waals surface area contributed by atoms with Gasteiger partial charge in [-0.25, -0.2) is 4.39 Å². The fraction of sp³-hybridized carbons (Fsp3) is 0.167. The second kappa shape index (κ2) is 9.22. The predicted molar refractivity (Wildman–Crippen MR) is 120 cm³/mol. The van der Waals surface area contributed by atoms with Crippen molar-refractivity contribution in [2.45, 2.75) is 16.6 Å². The molecule has 7 heteroatoms. The lowest BCUT2D eigenvalue weighted by Gasteiger charge is -2.22. The molecular weight excluding hydrogens is 415 g/mol. The summed E-state index contributed by atoms with van der Waals surface area (Å²) in [5, 5.41) is 2.64. The molecule has 1 N–H and O–H groups in total. The minimum absolute atomic E-state index is 0.0790. The molecule has 0 aliphatic carbocycles. The predicted octanol–water partition coefficient (Wildman–Crippen LogP) is 5.04. The lowest BCUT2D eigenvalue weighted by molar-refractivity contribution is -0.121. The van der Waals surface area contributed by atoms with Crippen LogP contribution in [0.25, 0.3) is 0 Å². The number of para-hydroxylation sites is 1. The second-order valence-corrected chi connectivity index (χ2v) is 8.33. The molecule has 1 heterocycles. The summed E-state index contributed by atoms with van der Waals surface area (Å²) >= 11 is 1.61. The van der Waals surface area contributed by atoms with Crippen LogP contribution >= 0.6 is 11.8 Å². The van der Waals surface area contributed by atoms with E-state index >= 15 is 0 Å². The van der Waals surface area contributed by atoms with Crippen LogP contribution < -0.4 is 15.0 Å². The maximum Gasteiger partial charge on any atom is 0.244 e. The summed E-state index contributed by atoms with van der Waals surface area (Å²) in [6, 6.07) is 20.8. The molecule has 1 aliphatic rings. The number of nitrogens with zero attached hydrogens (tertiary/aromatic N) is 1. The normalized spacial score (nSPS) is 15.7. The number of hydrogen-bond acceptors (Lipinski definition) is 4. The molecule has 5 nitrogen and oxygen atoms in total. The first-order valence-electron chi connectivity index (χ1n) is 9.79. The van der Waals surface area contributed by atoms with E-state index in [0.29, 0.717) is 11.4 Å². The van der Waals surface area contributed by atoms with E-state index in [0.717, 1.165) is 16.2 Å². The average molecular weight is 437 g/mol. The molecule has 0 aromatic heterocycles. The van der Waals surface area contributed by atoms with Gasteiger partial charge in [-0.2, -0.15) is 0 Å². The van der Waals surface area contributed by atoms with Crippen LogP contribution in [0.2, 0.25) is 0 Å². The topological polar surface area (TPSA) is 58.6 Å². The van der Waals surface area contributed by atoms with Crippen LogP contribution in [0.4, 0.5) is 15.8 Å². The van der Waals surface area contributed by atoms with Crippen molar-refractivity contribution in [3.05, 3.63) is 84.2 Å². The molecule has 0 spiro atoms. The van der Waals surface area contributed by atoms with Crippen LogP contribution in [0, 0.1) is 5.82 Å². The van der Waals surface area contributed by atoms with Crippen molar-refractivity contribution in [2.75, 3.05) is 23.9 Å². The number of thioether (sulfide) groups is 1. The summed E-state index contributed by atoms with van der Waals surface area (Å²) in [5.41, 5.74) is 2.21. The van der Waals surface area contributed by atoms with Crippen molar-refractivity contribution in [3.8, 4) is 5.75 Å². The summed E-state index contributed by atoms with van der Waals surface area (Å²) in [6.45, 7) is -0.122. The van der Waals surface area contributed by atoms with Crippen molar-refractivity contribution in [1.29, 1.82) is 0 Å². The third kappa shape index (κ3) is 4.88. The number of halogens is 1. The van der Waals surface area contributed by atoms with Gasteiger partial charge in [-0.05, 0) is 54.1 Å². The van der Waals surface area contributed by atoms with E-state index in [9.17, 15) is 14.0 Å². The zero-order valence-corrected chi connectivity index (χ0v) is 17.7. The van der Waals surface area contributed by atoms with Gasteiger partial charge in [-0.15, -0.1) is 11.8 Å². The van der Waals surface area contributed by atoms with E-state index in [1.165, 1.54) is 29.2 Å². The molecule has 0 saturated heterocycles. The van der Waals surface area contributed by atoms with Gasteiger partial charge in [-0.1, -0.05) is 24.3 Å². The molecule has 158 valence electrons. The quantitative estimate of drug-likeness (QED) is 0.609. The van der Waals surface area contributed by atoms with Gasteiger partial charge in [0.05, 0.1) is 12.8 Å². The van der Waals surface area contributed by atoms with E-state index in [1.807, 2.05) is 48.5 Å². The summed E-state index contributed by atoms with van der Waals surface area (Å²) in [7, 11) is 1.62.